The van der Waals surface area contributed by atoms with E-state index in [0.717, 1.165) is 65.0 Å². The van der Waals surface area contributed by atoms with Crippen LogP contribution in [0.2, 0.25) is 0 Å². The Morgan fingerprint density at radius 1 is 1.15 bits per heavy atom. The van der Waals surface area contributed by atoms with E-state index in [0.29, 0.717) is 18.1 Å². The molecule has 34 heavy (non-hydrogen) atoms. The van der Waals surface area contributed by atoms with Crippen LogP contribution >= 0.6 is 0 Å². The topological polar surface area (TPSA) is 74.3 Å². The molecule has 0 radical (unpaired) electrons. The molecule has 190 valence electrons. The highest BCUT2D eigenvalue weighted by Crippen LogP contribution is 2.72. The van der Waals surface area contributed by atoms with E-state index in [-0.39, 0.29) is 46.0 Å². The summed E-state index contributed by atoms with van der Waals surface area (Å²) in [6, 6.07) is 0. The molecule has 7 nitrogen and oxygen atoms in total. The number of carbonyl (C=O) groups is 2. The van der Waals surface area contributed by atoms with Crippen LogP contribution < -0.4 is 0 Å². The summed E-state index contributed by atoms with van der Waals surface area (Å²) in [5.74, 6) is -0.0382. The molecule has 2 saturated carbocycles. The Morgan fingerprint density at radius 3 is 2.53 bits per heavy atom. The van der Waals surface area contributed by atoms with Gasteiger partial charge in [0.15, 0.2) is 0 Å². The van der Waals surface area contributed by atoms with Crippen LogP contribution in [0.25, 0.3) is 0 Å². The van der Waals surface area contributed by atoms with E-state index in [1.54, 1.807) is 0 Å². The van der Waals surface area contributed by atoms with Crippen LogP contribution in [0.4, 0.5) is 0 Å². The van der Waals surface area contributed by atoms with E-state index in [4.69, 9.17) is 18.9 Å². The third-order valence-corrected chi connectivity index (χ3v) is 10.6. The fraction of sp³-hybridized carbons (Fsp3) is 0.852. The lowest BCUT2D eigenvalue weighted by molar-refractivity contribution is -0.235. The Hall–Kier alpha value is -1.44. The maximum Gasteiger partial charge on any atom is 0.336 e. The fourth-order valence-electron chi connectivity index (χ4n) is 8.52. The Balaban J connectivity index is 1.50. The summed E-state index contributed by atoms with van der Waals surface area (Å²) in [6.45, 7) is 15.6. The van der Waals surface area contributed by atoms with Crippen molar-refractivity contribution in [3.8, 4) is 0 Å². The molecular formula is C27H41NO6. The van der Waals surface area contributed by atoms with Crippen LogP contribution in [-0.2, 0) is 28.5 Å². The SMILES string of the molecule is CC(=O)O[C@@H]1CC[C@]2(C)[C@H](CC[C@@]3(C)O[C@H](C4=CCOC4=O)C[C@]32C)[C@]1(C)CN1CCOCC1. The van der Waals surface area contributed by atoms with E-state index in [9.17, 15) is 9.59 Å². The lowest BCUT2D eigenvalue weighted by Gasteiger charge is -2.67. The van der Waals surface area contributed by atoms with E-state index in [1.165, 1.54) is 6.92 Å². The molecule has 3 aliphatic heterocycles. The van der Waals surface area contributed by atoms with Gasteiger partial charge in [0, 0.05) is 37.4 Å². The highest BCUT2D eigenvalue weighted by molar-refractivity contribution is 5.91. The number of carbonyl (C=O) groups excluding carboxylic acids is 2. The summed E-state index contributed by atoms with van der Waals surface area (Å²) in [6.07, 6.45) is 6.22. The molecule has 5 rings (SSSR count). The third kappa shape index (κ3) is 3.48. The van der Waals surface area contributed by atoms with E-state index in [1.807, 2.05) is 6.08 Å². The average Bonchev–Trinajstić information content (AvgIpc) is 3.32. The molecule has 7 atom stereocenters. The van der Waals surface area contributed by atoms with Gasteiger partial charge in [-0.15, -0.1) is 0 Å². The van der Waals surface area contributed by atoms with Crippen LogP contribution in [0.1, 0.15) is 66.7 Å². The van der Waals surface area contributed by atoms with Crippen molar-refractivity contribution >= 4 is 11.9 Å². The molecule has 0 N–H and O–H groups in total. The van der Waals surface area contributed by atoms with Gasteiger partial charge in [-0.2, -0.15) is 0 Å². The maximum atomic E-state index is 12.4. The summed E-state index contributed by atoms with van der Waals surface area (Å²) >= 11 is 0. The van der Waals surface area contributed by atoms with Crippen molar-refractivity contribution in [1.82, 2.24) is 4.90 Å². The highest BCUT2D eigenvalue weighted by Gasteiger charge is 2.71. The number of esters is 2. The number of fused-ring (bicyclic) bond motifs is 3. The van der Waals surface area contributed by atoms with Gasteiger partial charge in [0.25, 0.3) is 0 Å². The van der Waals surface area contributed by atoms with Gasteiger partial charge in [0.05, 0.1) is 30.5 Å². The van der Waals surface area contributed by atoms with Gasteiger partial charge in [0.1, 0.15) is 12.7 Å². The van der Waals surface area contributed by atoms with Crippen molar-refractivity contribution in [3.05, 3.63) is 11.6 Å². The number of hydrogen-bond acceptors (Lipinski definition) is 7. The zero-order chi connectivity index (χ0) is 24.4. The van der Waals surface area contributed by atoms with Crippen molar-refractivity contribution < 1.29 is 28.5 Å². The van der Waals surface area contributed by atoms with Crippen LogP contribution in [-0.4, -0.2) is 74.1 Å². The molecular weight excluding hydrogens is 434 g/mol. The Labute approximate surface area is 203 Å². The van der Waals surface area contributed by atoms with Crippen LogP contribution in [0.15, 0.2) is 11.6 Å². The Kier molecular flexibility index (Phi) is 5.93. The smallest absolute Gasteiger partial charge is 0.336 e. The van der Waals surface area contributed by atoms with Gasteiger partial charge >= 0.3 is 11.9 Å². The van der Waals surface area contributed by atoms with Gasteiger partial charge in [0.2, 0.25) is 0 Å². The summed E-state index contributed by atoms with van der Waals surface area (Å²) in [7, 11) is 0. The normalized spacial score (nSPS) is 46.9. The fourth-order valence-corrected chi connectivity index (χ4v) is 8.52. The molecule has 0 unspecified atom stereocenters. The number of rotatable bonds is 4. The second-order valence-corrected chi connectivity index (χ2v) is 12.2. The first-order valence-electron chi connectivity index (χ1n) is 13.0. The first kappa shape index (κ1) is 24.3. The molecule has 3 heterocycles. The molecule has 0 aromatic rings. The first-order chi connectivity index (χ1) is 16.0. The summed E-state index contributed by atoms with van der Waals surface area (Å²) < 4.78 is 23.6. The molecule has 2 aliphatic carbocycles. The van der Waals surface area contributed by atoms with Gasteiger partial charge < -0.3 is 18.9 Å². The number of cyclic esters (lactones) is 1. The predicted octanol–water partition coefficient (Wildman–Crippen LogP) is 3.50. The van der Waals surface area contributed by atoms with Crippen molar-refractivity contribution in [2.24, 2.45) is 22.2 Å². The summed E-state index contributed by atoms with van der Waals surface area (Å²) in [5, 5.41) is 0. The molecule has 0 aromatic carbocycles. The van der Waals surface area contributed by atoms with Crippen molar-refractivity contribution in [2.75, 3.05) is 39.5 Å². The molecule has 2 saturated heterocycles. The number of ether oxygens (including phenoxy) is 4. The predicted molar refractivity (Wildman–Crippen MR) is 126 cm³/mol. The summed E-state index contributed by atoms with van der Waals surface area (Å²) in [5.41, 5.74) is 0.118. The minimum Gasteiger partial charge on any atom is -0.462 e. The standard InChI is InChI=1S/C27H41NO6/c1-18(29)33-22-7-9-25(3)21(24(22,2)17-28-11-14-31-15-12-28)6-10-27(5)26(25,4)16-20(34-27)19-8-13-32-23(19)30/h8,20-22H,6-7,9-17H2,1-5H3/t20-,21+,22+,24-,25+,26-,27+/m0/s1. The second-order valence-electron chi connectivity index (χ2n) is 12.2. The van der Waals surface area contributed by atoms with E-state index in [2.05, 4.69) is 32.6 Å². The van der Waals surface area contributed by atoms with Crippen LogP contribution in [0.3, 0.4) is 0 Å². The zero-order valence-electron chi connectivity index (χ0n) is 21.5. The maximum absolute atomic E-state index is 12.4. The highest BCUT2D eigenvalue weighted by atomic mass is 16.6. The number of nitrogens with zero attached hydrogens (tertiary/aromatic N) is 1. The summed E-state index contributed by atoms with van der Waals surface area (Å²) in [4.78, 5) is 27.0. The minimum absolute atomic E-state index is 0.00446. The third-order valence-electron chi connectivity index (χ3n) is 10.6. The van der Waals surface area contributed by atoms with E-state index >= 15 is 0 Å². The molecule has 7 heteroatoms. The molecule has 0 amide bonds. The zero-order valence-corrected chi connectivity index (χ0v) is 21.5. The van der Waals surface area contributed by atoms with Crippen molar-refractivity contribution in [1.29, 1.82) is 0 Å². The monoisotopic (exact) mass is 475 g/mol. The van der Waals surface area contributed by atoms with Crippen LogP contribution in [0, 0.1) is 22.2 Å². The molecule has 4 fully saturated rings. The van der Waals surface area contributed by atoms with Crippen molar-refractivity contribution in [2.45, 2.75) is 84.5 Å². The van der Waals surface area contributed by atoms with Gasteiger partial charge in [-0.3, -0.25) is 9.69 Å². The lowest BCUT2D eigenvalue weighted by atomic mass is 9.39. The molecule has 0 aromatic heterocycles. The van der Waals surface area contributed by atoms with Gasteiger partial charge in [-0.05, 0) is 56.4 Å². The quantitative estimate of drug-likeness (QED) is 0.576. The molecule has 5 aliphatic rings. The lowest BCUT2D eigenvalue weighted by Crippen LogP contribution is -2.67. The van der Waals surface area contributed by atoms with Crippen molar-refractivity contribution in [3.63, 3.8) is 0 Å². The minimum atomic E-state index is -0.305. The van der Waals surface area contributed by atoms with Gasteiger partial charge in [-0.25, -0.2) is 4.79 Å². The molecule has 0 spiro atoms. The largest absolute Gasteiger partial charge is 0.462 e. The van der Waals surface area contributed by atoms with E-state index < -0.39 is 0 Å². The number of morpholine rings is 1. The Morgan fingerprint density at radius 2 is 1.88 bits per heavy atom. The first-order valence-corrected chi connectivity index (χ1v) is 13.0. The number of hydrogen-bond donors (Lipinski definition) is 0. The second kappa shape index (κ2) is 8.31. The van der Waals surface area contributed by atoms with Crippen LogP contribution in [0.5, 0.6) is 0 Å². The average molecular weight is 476 g/mol. The van der Waals surface area contributed by atoms with Gasteiger partial charge in [-0.1, -0.05) is 20.8 Å². The Bertz CT molecular complexity index is 882. The molecule has 0 bridgehead atoms.